The molecule has 1 atom stereocenters. The summed E-state index contributed by atoms with van der Waals surface area (Å²) < 4.78 is 11.4. The van der Waals surface area contributed by atoms with Crippen molar-refractivity contribution >= 4 is 15.9 Å². The van der Waals surface area contributed by atoms with Crippen molar-refractivity contribution in [1.29, 1.82) is 0 Å². The molecule has 0 aliphatic heterocycles. The first-order valence-corrected chi connectivity index (χ1v) is 6.87. The van der Waals surface area contributed by atoms with Crippen LogP contribution in [-0.2, 0) is 0 Å². The third-order valence-corrected chi connectivity index (χ3v) is 3.65. The van der Waals surface area contributed by atoms with E-state index in [4.69, 9.17) is 9.47 Å². The first kappa shape index (κ1) is 14.7. The zero-order valence-electron chi connectivity index (χ0n) is 11.6. The third kappa shape index (κ3) is 2.91. The molecule has 2 rings (SSSR count). The molecule has 20 heavy (non-hydrogen) atoms. The lowest BCUT2D eigenvalue weighted by molar-refractivity contribution is 0.353. The number of hydrogen-bond donors (Lipinski definition) is 1. The molecule has 1 aromatic carbocycles. The summed E-state index contributed by atoms with van der Waals surface area (Å²) >= 11 is 3.56. The van der Waals surface area contributed by atoms with Crippen LogP contribution >= 0.6 is 15.9 Å². The highest BCUT2D eigenvalue weighted by molar-refractivity contribution is 9.10. The maximum absolute atomic E-state index is 5.32. The van der Waals surface area contributed by atoms with Crippen LogP contribution in [0.15, 0.2) is 34.9 Å². The van der Waals surface area contributed by atoms with Gasteiger partial charge in [-0.05, 0) is 18.7 Å². The van der Waals surface area contributed by atoms with Gasteiger partial charge in [0.25, 0.3) is 0 Å². The van der Waals surface area contributed by atoms with Gasteiger partial charge in [-0.1, -0.05) is 34.1 Å². The second-order valence-corrected chi connectivity index (χ2v) is 4.90. The molecule has 1 unspecified atom stereocenters. The van der Waals surface area contributed by atoms with Crippen LogP contribution in [0.2, 0.25) is 0 Å². The molecule has 0 aliphatic carbocycles. The van der Waals surface area contributed by atoms with Crippen LogP contribution in [0.25, 0.3) is 0 Å². The van der Waals surface area contributed by atoms with Crippen molar-refractivity contribution in [1.82, 2.24) is 15.3 Å². The maximum Gasteiger partial charge on any atom is 0.240 e. The van der Waals surface area contributed by atoms with Crippen molar-refractivity contribution in [2.24, 2.45) is 0 Å². The van der Waals surface area contributed by atoms with Crippen molar-refractivity contribution < 1.29 is 9.47 Å². The summed E-state index contributed by atoms with van der Waals surface area (Å²) in [4.78, 5) is 8.68. The Bertz CT molecular complexity index is 592. The van der Waals surface area contributed by atoms with Crippen LogP contribution in [0.1, 0.15) is 17.3 Å². The van der Waals surface area contributed by atoms with Crippen molar-refractivity contribution in [2.45, 2.75) is 6.04 Å². The molecule has 106 valence electrons. The van der Waals surface area contributed by atoms with Crippen LogP contribution in [0.4, 0.5) is 0 Å². The Kier molecular flexibility index (Phi) is 4.92. The van der Waals surface area contributed by atoms with Gasteiger partial charge in [0.15, 0.2) is 0 Å². The molecule has 0 aliphatic rings. The molecule has 1 heterocycles. The topological polar surface area (TPSA) is 56.3 Å². The Morgan fingerprint density at radius 2 is 1.95 bits per heavy atom. The minimum Gasteiger partial charge on any atom is -0.480 e. The molecule has 0 bridgehead atoms. The Morgan fingerprint density at radius 3 is 2.55 bits per heavy atom. The largest absolute Gasteiger partial charge is 0.480 e. The zero-order valence-corrected chi connectivity index (χ0v) is 13.1. The standard InChI is InChI=1S/C14H16BrN3O2/c1-16-12(9-6-4-5-7-10(9)15)13-14(20-3)18-11(19-2)8-17-13/h4-8,12,16H,1-3H3. The molecule has 0 amide bonds. The van der Waals surface area contributed by atoms with E-state index in [1.54, 1.807) is 20.4 Å². The van der Waals surface area contributed by atoms with Crippen LogP contribution < -0.4 is 14.8 Å². The minimum absolute atomic E-state index is 0.126. The van der Waals surface area contributed by atoms with E-state index in [-0.39, 0.29) is 6.04 Å². The van der Waals surface area contributed by atoms with Crippen LogP contribution in [0.5, 0.6) is 11.8 Å². The number of hydrogen-bond acceptors (Lipinski definition) is 5. The highest BCUT2D eigenvalue weighted by atomic mass is 79.9. The first-order valence-electron chi connectivity index (χ1n) is 6.07. The Labute approximate surface area is 126 Å². The Morgan fingerprint density at radius 1 is 1.20 bits per heavy atom. The highest BCUT2D eigenvalue weighted by Crippen LogP contribution is 2.31. The molecule has 0 radical (unpaired) electrons. The Balaban J connectivity index is 2.49. The zero-order chi connectivity index (χ0) is 14.5. The second kappa shape index (κ2) is 6.67. The van der Waals surface area contributed by atoms with E-state index in [2.05, 4.69) is 31.2 Å². The number of ether oxygens (including phenoxy) is 2. The fourth-order valence-electron chi connectivity index (χ4n) is 1.96. The minimum atomic E-state index is -0.126. The summed E-state index contributed by atoms with van der Waals surface area (Å²) in [5, 5.41) is 3.23. The van der Waals surface area contributed by atoms with Gasteiger partial charge in [-0.25, -0.2) is 4.98 Å². The first-order chi connectivity index (χ1) is 9.71. The van der Waals surface area contributed by atoms with E-state index in [0.29, 0.717) is 17.5 Å². The summed E-state index contributed by atoms with van der Waals surface area (Å²) in [5.74, 6) is 0.868. The molecule has 0 saturated carbocycles. The molecule has 1 N–H and O–H groups in total. The number of aromatic nitrogens is 2. The summed E-state index contributed by atoms with van der Waals surface area (Å²) in [6.45, 7) is 0. The summed E-state index contributed by atoms with van der Waals surface area (Å²) in [5.41, 5.74) is 1.77. The van der Waals surface area contributed by atoms with E-state index in [1.165, 1.54) is 0 Å². The van der Waals surface area contributed by atoms with Gasteiger partial charge in [-0.15, -0.1) is 0 Å². The predicted molar refractivity (Wildman–Crippen MR) is 80.2 cm³/mol. The number of benzene rings is 1. The molecule has 0 fully saturated rings. The normalized spacial score (nSPS) is 12.0. The van der Waals surface area contributed by atoms with Gasteiger partial charge in [-0.3, -0.25) is 0 Å². The third-order valence-electron chi connectivity index (χ3n) is 2.93. The number of nitrogens with zero attached hydrogens (tertiary/aromatic N) is 2. The van der Waals surface area contributed by atoms with E-state index < -0.39 is 0 Å². The van der Waals surface area contributed by atoms with E-state index in [0.717, 1.165) is 10.0 Å². The van der Waals surface area contributed by atoms with E-state index in [9.17, 15) is 0 Å². The predicted octanol–water partition coefficient (Wildman–Crippen LogP) is 2.57. The summed E-state index contributed by atoms with van der Waals surface area (Å²) in [6, 6.07) is 7.84. The van der Waals surface area contributed by atoms with E-state index in [1.807, 2.05) is 31.3 Å². The van der Waals surface area contributed by atoms with Crippen LogP contribution in [-0.4, -0.2) is 31.2 Å². The molecular weight excluding hydrogens is 322 g/mol. The molecule has 5 nitrogen and oxygen atoms in total. The number of methoxy groups -OCH3 is 2. The van der Waals surface area contributed by atoms with Gasteiger partial charge < -0.3 is 14.8 Å². The maximum atomic E-state index is 5.32. The summed E-state index contributed by atoms with van der Waals surface area (Å²) in [6.07, 6.45) is 1.58. The van der Waals surface area contributed by atoms with Gasteiger partial charge >= 0.3 is 0 Å². The van der Waals surface area contributed by atoms with Gasteiger partial charge in [0.1, 0.15) is 5.69 Å². The van der Waals surface area contributed by atoms with Gasteiger partial charge in [-0.2, -0.15) is 4.98 Å². The average molecular weight is 338 g/mol. The van der Waals surface area contributed by atoms with E-state index >= 15 is 0 Å². The van der Waals surface area contributed by atoms with Crippen molar-refractivity contribution in [3.05, 3.63) is 46.2 Å². The van der Waals surface area contributed by atoms with Crippen molar-refractivity contribution in [3.63, 3.8) is 0 Å². The average Bonchev–Trinajstić information content (AvgIpc) is 2.50. The number of halogens is 1. The van der Waals surface area contributed by atoms with Crippen molar-refractivity contribution in [2.75, 3.05) is 21.3 Å². The van der Waals surface area contributed by atoms with Crippen LogP contribution in [0, 0.1) is 0 Å². The second-order valence-electron chi connectivity index (χ2n) is 4.05. The number of rotatable bonds is 5. The number of nitrogens with one attached hydrogen (secondary N) is 1. The lowest BCUT2D eigenvalue weighted by Crippen LogP contribution is -2.20. The molecule has 2 aromatic rings. The van der Waals surface area contributed by atoms with Gasteiger partial charge in [0, 0.05) is 4.47 Å². The molecule has 1 aromatic heterocycles. The molecule has 0 spiro atoms. The van der Waals surface area contributed by atoms with Gasteiger partial charge in [0.2, 0.25) is 11.8 Å². The lowest BCUT2D eigenvalue weighted by atomic mass is 10.0. The fourth-order valence-corrected chi connectivity index (χ4v) is 2.48. The quantitative estimate of drug-likeness (QED) is 0.908. The molecular formula is C14H16BrN3O2. The molecule has 6 heteroatoms. The smallest absolute Gasteiger partial charge is 0.240 e. The fraction of sp³-hybridized carbons (Fsp3) is 0.286. The van der Waals surface area contributed by atoms with Crippen molar-refractivity contribution in [3.8, 4) is 11.8 Å². The Hall–Kier alpha value is -1.66. The monoisotopic (exact) mass is 337 g/mol. The van der Waals surface area contributed by atoms with Crippen LogP contribution in [0.3, 0.4) is 0 Å². The molecule has 0 saturated heterocycles. The van der Waals surface area contributed by atoms with Gasteiger partial charge in [0.05, 0.1) is 26.5 Å². The lowest BCUT2D eigenvalue weighted by Gasteiger charge is -2.19. The SMILES string of the molecule is CNC(c1ccccc1Br)c1ncc(OC)nc1OC. The highest BCUT2D eigenvalue weighted by Gasteiger charge is 2.21. The summed E-state index contributed by atoms with van der Waals surface area (Å²) in [7, 11) is 4.99.